The van der Waals surface area contributed by atoms with Crippen LogP contribution in [-0.2, 0) is 6.18 Å². The molecule has 0 bridgehead atoms. The third-order valence-corrected chi connectivity index (χ3v) is 2.12. The summed E-state index contributed by atoms with van der Waals surface area (Å²) in [6.45, 7) is 3.33. The van der Waals surface area contributed by atoms with Gasteiger partial charge in [-0.1, -0.05) is 6.08 Å². The Labute approximate surface area is 107 Å². The Morgan fingerprint density at radius 1 is 1.39 bits per heavy atom. The monoisotopic (exact) mass is 282 g/mol. The zero-order valence-electron chi connectivity index (χ0n) is 8.98. The first-order valence-electron chi connectivity index (χ1n) is 4.50. The van der Waals surface area contributed by atoms with Crippen LogP contribution in [0.1, 0.15) is 17.2 Å². The summed E-state index contributed by atoms with van der Waals surface area (Å²) in [4.78, 5) is 9.62. The van der Waals surface area contributed by atoms with E-state index in [1.165, 1.54) is 6.08 Å². The van der Waals surface area contributed by atoms with Gasteiger partial charge in [-0.15, -0.1) is 19.0 Å². The topological polar surface area (TPSA) is 69.2 Å². The highest BCUT2D eigenvalue weighted by atomic mass is 35.5. The zero-order chi connectivity index (χ0) is 13.2. The van der Waals surface area contributed by atoms with E-state index >= 15 is 0 Å². The highest BCUT2D eigenvalue weighted by molar-refractivity contribution is 5.85. The lowest BCUT2D eigenvalue weighted by molar-refractivity contribution is -0.385. The minimum absolute atomic E-state index is 0. The summed E-state index contributed by atoms with van der Waals surface area (Å²) in [7, 11) is 0. The highest BCUT2D eigenvalue weighted by Crippen LogP contribution is 2.33. The van der Waals surface area contributed by atoms with Gasteiger partial charge in [-0.2, -0.15) is 13.2 Å². The van der Waals surface area contributed by atoms with Crippen LogP contribution in [-0.4, -0.2) is 4.92 Å². The summed E-state index contributed by atoms with van der Waals surface area (Å²) in [6, 6.07) is 1.37. The lowest BCUT2D eigenvalue weighted by Crippen LogP contribution is -2.11. The molecule has 0 aromatic heterocycles. The molecule has 0 aliphatic heterocycles. The second-order valence-corrected chi connectivity index (χ2v) is 3.33. The summed E-state index contributed by atoms with van der Waals surface area (Å²) in [5, 5.41) is 10.5. The first-order chi connectivity index (χ1) is 7.75. The van der Waals surface area contributed by atoms with Crippen molar-refractivity contribution in [2.45, 2.75) is 12.2 Å². The quantitative estimate of drug-likeness (QED) is 0.526. The van der Waals surface area contributed by atoms with Gasteiger partial charge in [-0.25, -0.2) is 0 Å². The molecule has 0 fully saturated rings. The van der Waals surface area contributed by atoms with Crippen LogP contribution in [0.25, 0.3) is 0 Å². The van der Waals surface area contributed by atoms with Crippen LogP contribution in [0, 0.1) is 10.1 Å². The lowest BCUT2D eigenvalue weighted by atomic mass is 10.0. The summed E-state index contributed by atoms with van der Waals surface area (Å²) in [6.07, 6.45) is -3.44. The number of nitro benzene ring substituents is 1. The van der Waals surface area contributed by atoms with Gasteiger partial charge in [0.15, 0.2) is 0 Å². The van der Waals surface area contributed by atoms with Gasteiger partial charge in [0.2, 0.25) is 0 Å². The number of nitrogens with two attached hydrogens (primary N) is 1. The molecule has 18 heavy (non-hydrogen) atoms. The van der Waals surface area contributed by atoms with Crippen LogP contribution in [0.4, 0.5) is 18.9 Å². The van der Waals surface area contributed by atoms with E-state index < -0.39 is 28.4 Å². The van der Waals surface area contributed by atoms with E-state index in [0.717, 1.165) is 12.1 Å². The van der Waals surface area contributed by atoms with Crippen molar-refractivity contribution in [2.75, 3.05) is 0 Å². The Balaban J connectivity index is 0.00000289. The molecule has 0 aliphatic carbocycles. The van der Waals surface area contributed by atoms with E-state index in [0.29, 0.717) is 6.07 Å². The van der Waals surface area contributed by atoms with Crippen molar-refractivity contribution in [1.29, 1.82) is 0 Å². The molecule has 0 spiro atoms. The van der Waals surface area contributed by atoms with E-state index in [-0.39, 0.29) is 18.0 Å². The van der Waals surface area contributed by atoms with E-state index in [2.05, 4.69) is 6.58 Å². The SMILES string of the molecule is C=C[C@@H](N)c1cc([N+](=O)[O-])cc(C(F)(F)F)c1.Cl. The smallest absolute Gasteiger partial charge is 0.321 e. The second-order valence-electron chi connectivity index (χ2n) is 3.33. The molecule has 0 saturated carbocycles. The van der Waals surface area contributed by atoms with Crippen LogP contribution in [0.15, 0.2) is 30.9 Å². The molecule has 0 saturated heterocycles. The van der Waals surface area contributed by atoms with Gasteiger partial charge >= 0.3 is 6.18 Å². The van der Waals surface area contributed by atoms with Gasteiger partial charge in [0, 0.05) is 18.2 Å². The van der Waals surface area contributed by atoms with Gasteiger partial charge < -0.3 is 5.73 Å². The van der Waals surface area contributed by atoms with E-state index in [4.69, 9.17) is 5.73 Å². The molecule has 100 valence electrons. The number of hydrogen-bond acceptors (Lipinski definition) is 3. The van der Waals surface area contributed by atoms with Crippen molar-refractivity contribution < 1.29 is 18.1 Å². The molecule has 1 aromatic carbocycles. The third-order valence-electron chi connectivity index (χ3n) is 2.12. The fraction of sp³-hybridized carbons (Fsp3) is 0.200. The van der Waals surface area contributed by atoms with Crippen LogP contribution < -0.4 is 5.73 Å². The van der Waals surface area contributed by atoms with Crippen LogP contribution in [0.2, 0.25) is 0 Å². The summed E-state index contributed by atoms with van der Waals surface area (Å²) >= 11 is 0. The largest absolute Gasteiger partial charge is 0.416 e. The number of benzene rings is 1. The number of hydrogen-bond donors (Lipinski definition) is 1. The standard InChI is InChI=1S/C10H9F3N2O2.ClH/c1-2-9(14)6-3-7(10(11,12)13)5-8(4-6)15(16)17;/h2-5,9H,1,14H2;1H/t9-;/m1./s1. The van der Waals surface area contributed by atoms with Crippen molar-refractivity contribution in [1.82, 2.24) is 0 Å². The fourth-order valence-corrected chi connectivity index (χ4v) is 1.23. The molecule has 1 atom stereocenters. The van der Waals surface area contributed by atoms with E-state index in [1.807, 2.05) is 0 Å². The predicted molar refractivity (Wildman–Crippen MR) is 62.5 cm³/mol. The second kappa shape index (κ2) is 5.83. The average Bonchev–Trinajstić information content (AvgIpc) is 2.26. The Morgan fingerprint density at radius 3 is 2.33 bits per heavy atom. The molecule has 8 heteroatoms. The van der Waals surface area contributed by atoms with Crippen molar-refractivity contribution in [3.8, 4) is 0 Å². The molecule has 1 aromatic rings. The molecule has 2 N–H and O–H groups in total. The molecule has 1 rings (SSSR count). The molecule has 0 heterocycles. The van der Waals surface area contributed by atoms with Crippen molar-refractivity contribution >= 4 is 18.1 Å². The molecular weight excluding hydrogens is 273 g/mol. The molecule has 0 unspecified atom stereocenters. The molecular formula is C10H10ClF3N2O2. The van der Waals surface area contributed by atoms with E-state index in [9.17, 15) is 23.3 Å². The third kappa shape index (κ3) is 3.71. The Kier molecular flexibility index (Phi) is 5.31. The highest BCUT2D eigenvalue weighted by Gasteiger charge is 2.33. The number of non-ortho nitro benzene ring substituents is 1. The lowest BCUT2D eigenvalue weighted by Gasteiger charge is -2.11. The maximum atomic E-state index is 12.5. The first-order valence-corrected chi connectivity index (χ1v) is 4.50. The summed E-state index contributed by atoms with van der Waals surface area (Å²) in [5.41, 5.74) is 3.72. The maximum Gasteiger partial charge on any atom is 0.416 e. The van der Waals surface area contributed by atoms with Gasteiger partial charge in [0.1, 0.15) is 0 Å². The van der Waals surface area contributed by atoms with Crippen LogP contribution >= 0.6 is 12.4 Å². The molecule has 0 amide bonds. The molecule has 0 radical (unpaired) electrons. The van der Waals surface area contributed by atoms with Crippen molar-refractivity contribution in [2.24, 2.45) is 5.73 Å². The normalized spacial score (nSPS) is 12.4. The number of halogens is 4. The first kappa shape index (κ1) is 16.4. The van der Waals surface area contributed by atoms with E-state index in [1.54, 1.807) is 0 Å². The summed E-state index contributed by atoms with van der Waals surface area (Å²) < 4.78 is 37.5. The number of alkyl halides is 3. The summed E-state index contributed by atoms with van der Waals surface area (Å²) in [5.74, 6) is 0. The Morgan fingerprint density at radius 2 is 1.94 bits per heavy atom. The minimum atomic E-state index is -4.65. The maximum absolute atomic E-state index is 12.5. The van der Waals surface area contributed by atoms with Crippen LogP contribution in [0.3, 0.4) is 0 Å². The number of nitrogens with zero attached hydrogens (tertiary/aromatic N) is 1. The van der Waals surface area contributed by atoms with Gasteiger partial charge in [-0.3, -0.25) is 10.1 Å². The van der Waals surface area contributed by atoms with Crippen molar-refractivity contribution in [3.05, 3.63) is 52.1 Å². The zero-order valence-corrected chi connectivity index (χ0v) is 9.79. The molecule has 4 nitrogen and oxygen atoms in total. The number of rotatable bonds is 3. The number of nitro groups is 1. The van der Waals surface area contributed by atoms with Crippen LogP contribution in [0.5, 0.6) is 0 Å². The van der Waals surface area contributed by atoms with Gasteiger partial charge in [-0.05, 0) is 11.6 Å². The predicted octanol–water partition coefficient (Wildman–Crippen LogP) is 3.22. The van der Waals surface area contributed by atoms with Gasteiger partial charge in [0.05, 0.1) is 10.5 Å². The molecule has 0 aliphatic rings. The van der Waals surface area contributed by atoms with Gasteiger partial charge in [0.25, 0.3) is 5.69 Å². The fourth-order valence-electron chi connectivity index (χ4n) is 1.23. The Bertz CT molecular complexity index is 463. The minimum Gasteiger partial charge on any atom is -0.321 e. The Hall–Kier alpha value is -1.60. The average molecular weight is 283 g/mol. The van der Waals surface area contributed by atoms with Crippen molar-refractivity contribution in [3.63, 3.8) is 0 Å².